The summed E-state index contributed by atoms with van der Waals surface area (Å²) in [5.74, 6) is -0.686. The molecule has 0 aliphatic heterocycles. The van der Waals surface area contributed by atoms with Crippen LogP contribution in [0.4, 0.5) is 8.78 Å². The molecule has 0 spiro atoms. The Hall–Kier alpha value is -1.82. The van der Waals surface area contributed by atoms with Gasteiger partial charge in [-0.15, -0.1) is 5.10 Å². The molecule has 0 saturated heterocycles. The van der Waals surface area contributed by atoms with Gasteiger partial charge in [0.2, 0.25) is 0 Å². The molecule has 1 aromatic heterocycles. The highest BCUT2D eigenvalue weighted by Crippen LogP contribution is 2.26. The molecule has 1 atom stereocenters. The van der Waals surface area contributed by atoms with Gasteiger partial charge in [-0.2, -0.15) is 0 Å². The van der Waals surface area contributed by atoms with Crippen LogP contribution in [0.3, 0.4) is 0 Å². The fraction of sp³-hybridized carbons (Fsp3) is 0.143. The van der Waals surface area contributed by atoms with Crippen LogP contribution in [0.1, 0.15) is 18.5 Å². The standard InChI is InChI=1S/C14H10BrF2N3/c1-8(9-3-2-4-10(16)5-9)20-14-6-11(15)12(17)7-13(14)18-19-20/h2-8H,1H3/t8-/m1/s1. The first-order chi connectivity index (χ1) is 9.56. The van der Waals surface area contributed by atoms with Crippen LogP contribution in [0.25, 0.3) is 11.0 Å². The second kappa shape index (κ2) is 4.94. The summed E-state index contributed by atoms with van der Waals surface area (Å²) in [5, 5.41) is 7.99. The van der Waals surface area contributed by atoms with Crippen molar-refractivity contribution in [1.82, 2.24) is 15.0 Å². The van der Waals surface area contributed by atoms with Crippen molar-refractivity contribution in [2.45, 2.75) is 13.0 Å². The lowest BCUT2D eigenvalue weighted by Crippen LogP contribution is -2.08. The number of aromatic nitrogens is 3. The molecule has 0 saturated carbocycles. The van der Waals surface area contributed by atoms with Crippen LogP contribution in [-0.2, 0) is 0 Å². The second-order valence-electron chi connectivity index (χ2n) is 4.52. The number of nitrogens with zero attached hydrogens (tertiary/aromatic N) is 3. The van der Waals surface area contributed by atoms with Gasteiger partial charge in [0.15, 0.2) is 0 Å². The smallest absolute Gasteiger partial charge is 0.139 e. The highest BCUT2D eigenvalue weighted by Gasteiger charge is 2.15. The van der Waals surface area contributed by atoms with Crippen molar-refractivity contribution in [2.75, 3.05) is 0 Å². The van der Waals surface area contributed by atoms with Crippen molar-refractivity contribution in [1.29, 1.82) is 0 Å². The van der Waals surface area contributed by atoms with E-state index in [1.807, 2.05) is 13.0 Å². The summed E-state index contributed by atoms with van der Waals surface area (Å²) in [7, 11) is 0. The summed E-state index contributed by atoms with van der Waals surface area (Å²) >= 11 is 3.15. The number of hydrogen-bond donors (Lipinski definition) is 0. The van der Waals surface area contributed by atoms with Gasteiger partial charge in [-0.05, 0) is 46.6 Å². The number of benzene rings is 2. The van der Waals surface area contributed by atoms with Gasteiger partial charge in [-0.25, -0.2) is 13.5 Å². The van der Waals surface area contributed by atoms with Gasteiger partial charge in [0, 0.05) is 6.07 Å². The molecule has 2 aromatic carbocycles. The van der Waals surface area contributed by atoms with Crippen LogP contribution in [-0.4, -0.2) is 15.0 Å². The molecule has 3 nitrogen and oxygen atoms in total. The summed E-state index contributed by atoms with van der Waals surface area (Å²) in [6, 6.07) is 9.06. The molecular weight excluding hydrogens is 328 g/mol. The molecule has 0 radical (unpaired) electrons. The van der Waals surface area contributed by atoms with Crippen LogP contribution >= 0.6 is 15.9 Å². The topological polar surface area (TPSA) is 30.7 Å². The summed E-state index contributed by atoms with van der Waals surface area (Å²) in [6.07, 6.45) is 0. The SMILES string of the molecule is C[C@H](c1cccc(F)c1)n1nnc2cc(F)c(Br)cc21. The molecule has 0 bridgehead atoms. The molecule has 3 rings (SSSR count). The van der Waals surface area contributed by atoms with Crippen molar-refractivity contribution in [3.8, 4) is 0 Å². The highest BCUT2D eigenvalue weighted by atomic mass is 79.9. The maximum absolute atomic E-state index is 13.5. The summed E-state index contributed by atoms with van der Waals surface area (Å²) in [6.45, 7) is 1.89. The van der Waals surface area contributed by atoms with E-state index in [-0.39, 0.29) is 17.7 Å². The van der Waals surface area contributed by atoms with E-state index in [4.69, 9.17) is 0 Å². The molecule has 3 aromatic rings. The van der Waals surface area contributed by atoms with E-state index in [0.29, 0.717) is 15.5 Å². The molecule has 0 N–H and O–H groups in total. The maximum Gasteiger partial charge on any atom is 0.139 e. The van der Waals surface area contributed by atoms with Crippen molar-refractivity contribution in [2.24, 2.45) is 0 Å². The van der Waals surface area contributed by atoms with Crippen LogP contribution in [0.15, 0.2) is 40.9 Å². The highest BCUT2D eigenvalue weighted by molar-refractivity contribution is 9.10. The molecule has 6 heteroatoms. The Kier molecular flexibility index (Phi) is 3.25. The maximum atomic E-state index is 13.5. The van der Waals surface area contributed by atoms with Gasteiger partial charge >= 0.3 is 0 Å². The van der Waals surface area contributed by atoms with Gasteiger partial charge < -0.3 is 0 Å². The summed E-state index contributed by atoms with van der Waals surface area (Å²) in [5.41, 5.74) is 1.93. The third-order valence-corrected chi connectivity index (χ3v) is 3.82. The summed E-state index contributed by atoms with van der Waals surface area (Å²) < 4.78 is 28.8. The Bertz CT molecular complexity index is 785. The monoisotopic (exact) mass is 337 g/mol. The normalized spacial score (nSPS) is 12.8. The third kappa shape index (κ3) is 2.20. The third-order valence-electron chi connectivity index (χ3n) is 3.21. The largest absolute Gasteiger partial charge is 0.237 e. The Morgan fingerprint density at radius 1 is 1.20 bits per heavy atom. The fourth-order valence-electron chi connectivity index (χ4n) is 2.13. The zero-order valence-corrected chi connectivity index (χ0v) is 12.1. The molecule has 0 aliphatic carbocycles. The average Bonchev–Trinajstić information content (AvgIpc) is 2.81. The number of halogens is 3. The van der Waals surface area contributed by atoms with Crippen molar-refractivity contribution >= 4 is 27.0 Å². The first-order valence-electron chi connectivity index (χ1n) is 6.01. The van der Waals surface area contributed by atoms with E-state index in [2.05, 4.69) is 26.2 Å². The molecular formula is C14H10BrF2N3. The first kappa shape index (κ1) is 13.2. The predicted octanol–water partition coefficient (Wildman–Crippen LogP) is 4.08. The van der Waals surface area contributed by atoms with Crippen molar-refractivity contribution in [3.05, 3.63) is 58.1 Å². The minimum Gasteiger partial charge on any atom is -0.237 e. The number of fused-ring (bicyclic) bond motifs is 1. The van der Waals surface area contributed by atoms with Gasteiger partial charge in [0.25, 0.3) is 0 Å². The Morgan fingerprint density at radius 2 is 2.00 bits per heavy atom. The number of rotatable bonds is 2. The minimum atomic E-state index is -0.386. The lowest BCUT2D eigenvalue weighted by molar-refractivity contribution is 0.552. The lowest BCUT2D eigenvalue weighted by Gasteiger charge is -2.13. The van der Waals surface area contributed by atoms with E-state index in [1.54, 1.807) is 16.8 Å². The van der Waals surface area contributed by atoms with Crippen LogP contribution < -0.4 is 0 Å². The Balaban J connectivity index is 2.12. The van der Waals surface area contributed by atoms with Gasteiger partial charge in [-0.3, -0.25) is 0 Å². The molecule has 0 aliphatic rings. The number of hydrogen-bond acceptors (Lipinski definition) is 2. The Morgan fingerprint density at radius 3 is 2.75 bits per heavy atom. The molecule has 0 amide bonds. The predicted molar refractivity (Wildman–Crippen MR) is 75.4 cm³/mol. The molecule has 1 heterocycles. The molecule has 0 unspecified atom stereocenters. The van der Waals surface area contributed by atoms with Gasteiger partial charge in [0.05, 0.1) is 16.0 Å². The fourth-order valence-corrected chi connectivity index (χ4v) is 2.46. The van der Waals surface area contributed by atoms with E-state index >= 15 is 0 Å². The Labute approximate surface area is 122 Å². The van der Waals surface area contributed by atoms with Gasteiger partial charge in [0.1, 0.15) is 17.2 Å². The van der Waals surface area contributed by atoms with Crippen LogP contribution in [0.2, 0.25) is 0 Å². The van der Waals surface area contributed by atoms with E-state index in [1.165, 1.54) is 18.2 Å². The quantitative estimate of drug-likeness (QED) is 0.705. The van der Waals surface area contributed by atoms with E-state index in [0.717, 1.165) is 5.56 Å². The second-order valence-corrected chi connectivity index (χ2v) is 5.37. The van der Waals surface area contributed by atoms with Crippen LogP contribution in [0, 0.1) is 11.6 Å². The zero-order valence-electron chi connectivity index (χ0n) is 10.5. The van der Waals surface area contributed by atoms with Crippen molar-refractivity contribution in [3.63, 3.8) is 0 Å². The zero-order chi connectivity index (χ0) is 14.3. The van der Waals surface area contributed by atoms with E-state index in [9.17, 15) is 8.78 Å². The minimum absolute atomic E-state index is 0.201. The average molecular weight is 338 g/mol. The van der Waals surface area contributed by atoms with Crippen LogP contribution in [0.5, 0.6) is 0 Å². The van der Waals surface area contributed by atoms with Gasteiger partial charge in [-0.1, -0.05) is 17.3 Å². The molecule has 0 fully saturated rings. The summed E-state index contributed by atoms with van der Waals surface area (Å²) in [4.78, 5) is 0. The van der Waals surface area contributed by atoms with E-state index < -0.39 is 0 Å². The first-order valence-corrected chi connectivity index (χ1v) is 6.81. The van der Waals surface area contributed by atoms with Crippen molar-refractivity contribution < 1.29 is 8.78 Å². The molecule has 20 heavy (non-hydrogen) atoms. The molecule has 102 valence electrons. The lowest BCUT2D eigenvalue weighted by atomic mass is 10.1.